The van der Waals surface area contributed by atoms with Crippen LogP contribution in [0.1, 0.15) is 17.2 Å². The van der Waals surface area contributed by atoms with E-state index in [2.05, 4.69) is 45.4 Å². The van der Waals surface area contributed by atoms with E-state index in [1.807, 2.05) is 18.5 Å². The molecule has 1 unspecified atom stereocenters. The van der Waals surface area contributed by atoms with Gasteiger partial charge < -0.3 is 0 Å². The van der Waals surface area contributed by atoms with Gasteiger partial charge in [0.15, 0.2) is 0 Å². The summed E-state index contributed by atoms with van der Waals surface area (Å²) in [5.74, 6) is 5.75. The maximum atomic E-state index is 5.75. The lowest BCUT2D eigenvalue weighted by atomic mass is 9.96. The summed E-state index contributed by atoms with van der Waals surface area (Å²) in [6.07, 6.45) is 4.60. The van der Waals surface area contributed by atoms with Crippen LogP contribution in [0.15, 0.2) is 53.5 Å². The smallest absolute Gasteiger partial charge is 0.0507 e. The third-order valence-corrected chi connectivity index (χ3v) is 4.05. The summed E-state index contributed by atoms with van der Waals surface area (Å²) >= 11 is 1.71. The zero-order valence-corrected chi connectivity index (χ0v) is 11.2. The summed E-state index contributed by atoms with van der Waals surface area (Å²) in [6.45, 7) is 0. The van der Waals surface area contributed by atoms with Gasteiger partial charge in [-0.1, -0.05) is 18.2 Å². The molecule has 0 spiro atoms. The van der Waals surface area contributed by atoms with E-state index < -0.39 is 0 Å². The summed E-state index contributed by atoms with van der Waals surface area (Å²) in [4.78, 5) is 4.22. The van der Waals surface area contributed by atoms with Crippen molar-refractivity contribution in [3.8, 4) is 0 Å². The Labute approximate surface area is 116 Å². The first-order valence-corrected chi connectivity index (χ1v) is 7.12. The molecule has 3 nitrogen and oxygen atoms in total. The molecule has 1 aromatic carbocycles. The predicted octanol–water partition coefficient (Wildman–Crippen LogP) is 3.04. The van der Waals surface area contributed by atoms with Crippen LogP contribution in [0.4, 0.5) is 0 Å². The zero-order chi connectivity index (χ0) is 13.1. The van der Waals surface area contributed by atoms with E-state index >= 15 is 0 Å². The van der Waals surface area contributed by atoms with Crippen LogP contribution in [0, 0.1) is 0 Å². The minimum atomic E-state index is 0.0995. The Morgan fingerprint density at radius 2 is 2.21 bits per heavy atom. The number of fused-ring (bicyclic) bond motifs is 1. The number of nitrogens with zero attached hydrogens (tertiary/aromatic N) is 1. The minimum absolute atomic E-state index is 0.0995. The Morgan fingerprint density at radius 1 is 1.26 bits per heavy atom. The van der Waals surface area contributed by atoms with Crippen LogP contribution in [-0.4, -0.2) is 4.98 Å². The second-order valence-corrected chi connectivity index (χ2v) is 5.28. The van der Waals surface area contributed by atoms with Crippen molar-refractivity contribution in [1.29, 1.82) is 0 Å². The summed E-state index contributed by atoms with van der Waals surface area (Å²) in [7, 11) is 0. The molecule has 3 aromatic rings. The summed E-state index contributed by atoms with van der Waals surface area (Å²) < 4.78 is 0. The van der Waals surface area contributed by atoms with Crippen LogP contribution >= 0.6 is 11.3 Å². The molecule has 19 heavy (non-hydrogen) atoms. The fraction of sp³-hybridized carbons (Fsp3) is 0.133. The highest BCUT2D eigenvalue weighted by molar-refractivity contribution is 7.07. The molecular weight excluding hydrogens is 254 g/mol. The standard InChI is InChI=1S/C15H15N3S/c16-18-15(8-11-5-7-19-10-11)13-3-1-2-12-4-6-17-9-14(12)13/h1-7,9-10,15,18H,8,16H2. The molecule has 0 aliphatic heterocycles. The van der Waals surface area contributed by atoms with Crippen molar-refractivity contribution in [2.24, 2.45) is 5.84 Å². The van der Waals surface area contributed by atoms with E-state index in [1.165, 1.54) is 16.5 Å². The molecule has 3 rings (SSSR count). The third kappa shape index (κ3) is 2.51. The number of nitrogens with two attached hydrogens (primary N) is 1. The number of rotatable bonds is 4. The van der Waals surface area contributed by atoms with Gasteiger partial charge in [0.2, 0.25) is 0 Å². The first kappa shape index (κ1) is 12.3. The fourth-order valence-electron chi connectivity index (χ4n) is 2.34. The molecule has 0 aliphatic carbocycles. The van der Waals surface area contributed by atoms with Crippen molar-refractivity contribution in [1.82, 2.24) is 10.4 Å². The van der Waals surface area contributed by atoms with E-state index in [0.717, 1.165) is 11.8 Å². The van der Waals surface area contributed by atoms with Crippen molar-refractivity contribution in [2.45, 2.75) is 12.5 Å². The highest BCUT2D eigenvalue weighted by Gasteiger charge is 2.13. The summed E-state index contributed by atoms with van der Waals surface area (Å²) in [5, 5.41) is 6.60. The molecule has 2 heterocycles. The fourth-order valence-corrected chi connectivity index (χ4v) is 3.03. The molecule has 3 N–H and O–H groups in total. The van der Waals surface area contributed by atoms with Crippen LogP contribution in [0.3, 0.4) is 0 Å². The van der Waals surface area contributed by atoms with E-state index in [-0.39, 0.29) is 6.04 Å². The molecule has 2 aromatic heterocycles. The largest absolute Gasteiger partial charge is 0.271 e. The average Bonchev–Trinajstić information content (AvgIpc) is 2.97. The van der Waals surface area contributed by atoms with Gasteiger partial charge in [0.05, 0.1) is 6.04 Å². The molecule has 0 bridgehead atoms. The average molecular weight is 269 g/mol. The number of pyridine rings is 1. The molecule has 4 heteroatoms. The zero-order valence-electron chi connectivity index (χ0n) is 10.4. The second kappa shape index (κ2) is 5.48. The van der Waals surface area contributed by atoms with Crippen molar-refractivity contribution in [3.05, 3.63) is 64.6 Å². The summed E-state index contributed by atoms with van der Waals surface area (Å²) in [6, 6.07) is 10.5. The van der Waals surface area contributed by atoms with Crippen LogP contribution < -0.4 is 11.3 Å². The molecule has 0 amide bonds. The first-order valence-electron chi connectivity index (χ1n) is 6.18. The van der Waals surface area contributed by atoms with Crippen molar-refractivity contribution >= 4 is 22.1 Å². The number of hydrazine groups is 1. The Morgan fingerprint density at radius 3 is 3.00 bits per heavy atom. The third-order valence-electron chi connectivity index (χ3n) is 3.31. The highest BCUT2D eigenvalue weighted by atomic mass is 32.1. The van der Waals surface area contributed by atoms with Gasteiger partial charge in [0.25, 0.3) is 0 Å². The molecule has 0 saturated carbocycles. The first-order chi connectivity index (χ1) is 9.38. The lowest BCUT2D eigenvalue weighted by Crippen LogP contribution is -2.29. The summed E-state index contributed by atoms with van der Waals surface area (Å²) in [5.41, 5.74) is 5.42. The predicted molar refractivity (Wildman–Crippen MR) is 79.8 cm³/mol. The monoisotopic (exact) mass is 269 g/mol. The van der Waals surface area contributed by atoms with Gasteiger partial charge in [-0.3, -0.25) is 16.3 Å². The second-order valence-electron chi connectivity index (χ2n) is 4.50. The lowest BCUT2D eigenvalue weighted by Gasteiger charge is -2.17. The van der Waals surface area contributed by atoms with Gasteiger partial charge in [-0.05, 0) is 45.8 Å². The number of hydrogen-bond acceptors (Lipinski definition) is 4. The number of nitrogens with one attached hydrogen (secondary N) is 1. The number of hydrogen-bond donors (Lipinski definition) is 2. The van der Waals surface area contributed by atoms with E-state index in [4.69, 9.17) is 5.84 Å². The minimum Gasteiger partial charge on any atom is -0.271 e. The van der Waals surface area contributed by atoms with Crippen LogP contribution in [0.5, 0.6) is 0 Å². The molecule has 0 saturated heterocycles. The highest BCUT2D eigenvalue weighted by Crippen LogP contribution is 2.26. The normalized spacial score (nSPS) is 12.7. The van der Waals surface area contributed by atoms with Gasteiger partial charge in [0.1, 0.15) is 0 Å². The van der Waals surface area contributed by atoms with Gasteiger partial charge in [0, 0.05) is 17.8 Å². The number of benzene rings is 1. The van der Waals surface area contributed by atoms with Gasteiger partial charge in [-0.15, -0.1) is 0 Å². The Kier molecular flexibility index (Phi) is 3.55. The van der Waals surface area contributed by atoms with Crippen LogP contribution in [-0.2, 0) is 6.42 Å². The maximum absolute atomic E-state index is 5.75. The number of aromatic nitrogens is 1. The van der Waals surface area contributed by atoms with E-state index in [1.54, 1.807) is 11.3 Å². The van der Waals surface area contributed by atoms with Crippen LogP contribution in [0.25, 0.3) is 10.8 Å². The SMILES string of the molecule is NNC(Cc1ccsc1)c1cccc2ccncc12. The van der Waals surface area contributed by atoms with Crippen molar-refractivity contribution in [2.75, 3.05) is 0 Å². The van der Waals surface area contributed by atoms with Crippen molar-refractivity contribution < 1.29 is 0 Å². The molecule has 0 aliphatic rings. The topological polar surface area (TPSA) is 50.9 Å². The Hall–Kier alpha value is -1.75. The van der Waals surface area contributed by atoms with E-state index in [0.29, 0.717) is 0 Å². The van der Waals surface area contributed by atoms with Crippen LogP contribution in [0.2, 0.25) is 0 Å². The lowest BCUT2D eigenvalue weighted by molar-refractivity contribution is 0.556. The quantitative estimate of drug-likeness (QED) is 0.565. The molecule has 96 valence electrons. The molecular formula is C15H15N3S. The van der Waals surface area contributed by atoms with E-state index in [9.17, 15) is 0 Å². The maximum Gasteiger partial charge on any atom is 0.0507 e. The van der Waals surface area contributed by atoms with Gasteiger partial charge >= 0.3 is 0 Å². The Bertz CT molecular complexity index is 659. The number of thiophene rings is 1. The molecule has 0 radical (unpaired) electrons. The van der Waals surface area contributed by atoms with Gasteiger partial charge in [-0.2, -0.15) is 11.3 Å². The van der Waals surface area contributed by atoms with Gasteiger partial charge in [-0.25, -0.2) is 0 Å². The molecule has 1 atom stereocenters. The van der Waals surface area contributed by atoms with Crippen molar-refractivity contribution in [3.63, 3.8) is 0 Å². The molecule has 0 fully saturated rings. The Balaban J connectivity index is 2.01.